The van der Waals surface area contributed by atoms with Crippen LogP contribution in [0.3, 0.4) is 0 Å². The Bertz CT molecular complexity index is 1230. The van der Waals surface area contributed by atoms with Gasteiger partial charge in [-0.3, -0.25) is 19.2 Å². The lowest BCUT2D eigenvalue weighted by atomic mass is 10.1. The van der Waals surface area contributed by atoms with Crippen molar-refractivity contribution >= 4 is 52.4 Å². The molecular weight excluding hydrogens is 472 g/mol. The molecule has 1 amide bonds. The van der Waals surface area contributed by atoms with Gasteiger partial charge >= 0.3 is 17.9 Å². The second-order valence-corrected chi connectivity index (χ2v) is 8.13. The zero-order chi connectivity index (χ0) is 25.2. The van der Waals surface area contributed by atoms with E-state index in [1.54, 1.807) is 6.26 Å². The van der Waals surface area contributed by atoms with Gasteiger partial charge in [0.15, 0.2) is 22.8 Å². The first-order chi connectivity index (χ1) is 16.0. The van der Waals surface area contributed by atoms with Gasteiger partial charge < -0.3 is 29.2 Å². The highest BCUT2D eigenvalue weighted by molar-refractivity contribution is 7.98. The van der Waals surface area contributed by atoms with Crippen LogP contribution >= 0.6 is 11.8 Å². The summed E-state index contributed by atoms with van der Waals surface area (Å²) in [5.74, 6) is -3.37. The highest BCUT2D eigenvalue weighted by Crippen LogP contribution is 2.34. The summed E-state index contributed by atoms with van der Waals surface area (Å²) < 4.78 is 17.6. The largest absolute Gasteiger partial charge is 0.477 e. The number of ether oxygens (including phenoxy) is 3. The number of carbonyl (C=O) groups excluding carboxylic acids is 3. The van der Waals surface area contributed by atoms with Gasteiger partial charge in [-0.15, -0.1) is 0 Å². The van der Waals surface area contributed by atoms with Gasteiger partial charge in [-0.2, -0.15) is 0 Å². The fraction of sp³-hybridized carbons (Fsp3) is 0.450. The molecule has 0 bridgehead atoms. The first kappa shape index (κ1) is 25.1. The summed E-state index contributed by atoms with van der Waals surface area (Å²) in [5, 5.41) is 12.0. The molecule has 3 atom stereocenters. The number of hydrogen-bond acceptors (Lipinski definition) is 11. The van der Waals surface area contributed by atoms with Crippen molar-refractivity contribution in [2.75, 3.05) is 18.2 Å². The third kappa shape index (κ3) is 5.34. The molecule has 0 spiro atoms. The molecule has 1 saturated heterocycles. The zero-order valence-corrected chi connectivity index (χ0v) is 19.5. The zero-order valence-electron chi connectivity index (χ0n) is 18.7. The number of anilines is 1. The summed E-state index contributed by atoms with van der Waals surface area (Å²) in [4.78, 5) is 68.1. The van der Waals surface area contributed by atoms with Crippen molar-refractivity contribution in [2.24, 2.45) is 0 Å². The van der Waals surface area contributed by atoms with Crippen LogP contribution in [0.25, 0.3) is 11.0 Å². The van der Waals surface area contributed by atoms with Gasteiger partial charge in [0.05, 0.1) is 6.10 Å². The minimum absolute atomic E-state index is 0.0339. The van der Waals surface area contributed by atoms with Gasteiger partial charge in [-0.05, 0) is 6.26 Å². The average molecular weight is 494 g/mol. The number of carbonyl (C=O) groups is 4. The van der Waals surface area contributed by atoms with Crippen molar-refractivity contribution in [2.45, 2.75) is 50.8 Å². The van der Waals surface area contributed by atoms with Gasteiger partial charge in [0, 0.05) is 33.4 Å². The SMILES string of the molecule is CSc1nc(NC(C)=O)c2c(=O)c(C(=O)O)cn(C3O[C@H](COC(C)=O)C[C@H]3OC(C)=O)c2n1. The third-order valence-corrected chi connectivity index (χ3v) is 5.32. The van der Waals surface area contributed by atoms with E-state index in [1.807, 2.05) is 0 Å². The van der Waals surface area contributed by atoms with Crippen molar-refractivity contribution in [3.8, 4) is 0 Å². The monoisotopic (exact) mass is 494 g/mol. The average Bonchev–Trinajstić information content (AvgIpc) is 3.13. The molecule has 0 aliphatic carbocycles. The van der Waals surface area contributed by atoms with Gasteiger partial charge in [0.25, 0.3) is 0 Å². The molecule has 0 aromatic carbocycles. The number of aromatic nitrogens is 3. The van der Waals surface area contributed by atoms with Crippen molar-refractivity contribution in [1.29, 1.82) is 0 Å². The lowest BCUT2D eigenvalue weighted by molar-refractivity contribution is -0.152. The van der Waals surface area contributed by atoms with Crippen LogP contribution in [0.15, 0.2) is 16.1 Å². The van der Waals surface area contributed by atoms with E-state index >= 15 is 0 Å². The third-order valence-electron chi connectivity index (χ3n) is 4.77. The minimum Gasteiger partial charge on any atom is -0.477 e. The maximum absolute atomic E-state index is 13.0. The molecule has 2 N–H and O–H groups in total. The number of nitrogens with one attached hydrogen (secondary N) is 1. The van der Waals surface area contributed by atoms with Crippen LogP contribution < -0.4 is 10.7 Å². The maximum atomic E-state index is 13.0. The molecule has 2 aromatic heterocycles. The smallest absolute Gasteiger partial charge is 0.341 e. The number of rotatable bonds is 7. The molecule has 1 unspecified atom stereocenters. The van der Waals surface area contributed by atoms with E-state index in [1.165, 1.54) is 25.3 Å². The topological polar surface area (TPSA) is 176 Å². The molecule has 1 aliphatic rings. The van der Waals surface area contributed by atoms with Crippen LogP contribution in [-0.2, 0) is 28.6 Å². The molecule has 0 radical (unpaired) electrons. The van der Waals surface area contributed by atoms with Crippen molar-refractivity contribution in [3.63, 3.8) is 0 Å². The second-order valence-electron chi connectivity index (χ2n) is 7.36. The van der Waals surface area contributed by atoms with Gasteiger partial charge in [0.1, 0.15) is 23.7 Å². The van der Waals surface area contributed by atoms with E-state index in [0.29, 0.717) is 0 Å². The number of carboxylic acid groups (broad SMARTS) is 1. The second kappa shape index (κ2) is 10.2. The Kier molecular flexibility index (Phi) is 7.51. The molecule has 3 heterocycles. The van der Waals surface area contributed by atoms with E-state index < -0.39 is 53.2 Å². The van der Waals surface area contributed by atoms with Crippen LogP contribution in [0.4, 0.5) is 5.82 Å². The maximum Gasteiger partial charge on any atom is 0.341 e. The molecular formula is C20H22N4O9S. The number of aromatic carboxylic acids is 1. The molecule has 3 rings (SSSR count). The molecule has 182 valence electrons. The number of carboxylic acids is 1. The fourth-order valence-electron chi connectivity index (χ4n) is 3.51. The van der Waals surface area contributed by atoms with E-state index in [9.17, 15) is 29.1 Å². The Balaban J connectivity index is 2.26. The number of thioether (sulfide) groups is 1. The predicted molar refractivity (Wildman–Crippen MR) is 118 cm³/mol. The summed E-state index contributed by atoms with van der Waals surface area (Å²) in [6.45, 7) is 3.51. The first-order valence-electron chi connectivity index (χ1n) is 9.99. The van der Waals surface area contributed by atoms with E-state index in [0.717, 1.165) is 18.0 Å². The number of hydrogen-bond donors (Lipinski definition) is 2. The summed E-state index contributed by atoms with van der Waals surface area (Å²) in [6.07, 6.45) is 0.139. The molecule has 14 heteroatoms. The summed E-state index contributed by atoms with van der Waals surface area (Å²) in [5.41, 5.74) is -1.57. The van der Waals surface area contributed by atoms with Crippen molar-refractivity contribution in [1.82, 2.24) is 14.5 Å². The Morgan fingerprint density at radius 1 is 1.24 bits per heavy atom. The van der Waals surface area contributed by atoms with E-state index in [2.05, 4.69) is 15.3 Å². The lowest BCUT2D eigenvalue weighted by Gasteiger charge is -2.23. The Labute approximate surface area is 196 Å². The lowest BCUT2D eigenvalue weighted by Crippen LogP contribution is -2.29. The van der Waals surface area contributed by atoms with Crippen molar-refractivity contribution in [3.05, 3.63) is 22.0 Å². The molecule has 13 nitrogen and oxygen atoms in total. The summed E-state index contributed by atoms with van der Waals surface area (Å²) in [6, 6.07) is 0. The van der Waals surface area contributed by atoms with Crippen LogP contribution in [0.1, 0.15) is 43.8 Å². The first-order valence-corrected chi connectivity index (χ1v) is 11.2. The highest BCUT2D eigenvalue weighted by Gasteiger charge is 2.40. The van der Waals surface area contributed by atoms with Gasteiger partial charge in [-0.1, -0.05) is 11.8 Å². The van der Waals surface area contributed by atoms with Crippen LogP contribution in [0.2, 0.25) is 0 Å². The van der Waals surface area contributed by atoms with Gasteiger partial charge in [-0.25, -0.2) is 14.8 Å². The Morgan fingerprint density at radius 3 is 2.50 bits per heavy atom. The predicted octanol–water partition coefficient (Wildman–Crippen LogP) is 0.952. The number of esters is 2. The van der Waals surface area contributed by atoms with E-state index in [-0.39, 0.29) is 35.0 Å². The molecule has 1 aliphatic heterocycles. The highest BCUT2D eigenvalue weighted by atomic mass is 32.2. The fourth-order valence-corrected chi connectivity index (χ4v) is 3.87. The van der Waals surface area contributed by atoms with Crippen LogP contribution in [-0.4, -0.2) is 68.5 Å². The van der Waals surface area contributed by atoms with Crippen LogP contribution in [0.5, 0.6) is 0 Å². The number of fused-ring (bicyclic) bond motifs is 1. The summed E-state index contributed by atoms with van der Waals surface area (Å²) >= 11 is 1.13. The summed E-state index contributed by atoms with van der Waals surface area (Å²) in [7, 11) is 0. The Hall–Kier alpha value is -3.52. The Morgan fingerprint density at radius 2 is 1.94 bits per heavy atom. The number of nitrogens with zero attached hydrogens (tertiary/aromatic N) is 3. The van der Waals surface area contributed by atoms with Crippen molar-refractivity contribution < 1.29 is 38.5 Å². The quantitative estimate of drug-likeness (QED) is 0.317. The molecule has 0 saturated carbocycles. The molecule has 1 fully saturated rings. The van der Waals surface area contributed by atoms with Crippen LogP contribution in [0, 0.1) is 0 Å². The number of pyridine rings is 1. The normalized spacial score (nSPS) is 19.6. The molecule has 34 heavy (non-hydrogen) atoms. The van der Waals surface area contributed by atoms with E-state index in [4.69, 9.17) is 14.2 Å². The minimum atomic E-state index is -1.53. The molecule has 2 aromatic rings. The number of amides is 1. The van der Waals surface area contributed by atoms with Gasteiger partial charge in [0.2, 0.25) is 11.3 Å². The standard InChI is InChI=1S/C20H22N4O9S/c1-8(25)21-16-14-15(28)12(19(29)30)6-24(17(14)23-20(22-16)34-4)18-13(32-10(3)27)5-11(33-18)7-31-9(2)26/h6,11,13,18H,5,7H2,1-4H3,(H,29,30)(H,21,22,23,25)/t11-,13+,18?/m0/s1.